The van der Waals surface area contributed by atoms with E-state index in [2.05, 4.69) is 11.4 Å². The summed E-state index contributed by atoms with van der Waals surface area (Å²) in [6.45, 7) is 1.40. The Hall–Kier alpha value is -1.53. The molecule has 2 aromatic rings. The molecule has 2 aromatic carbocycles. The van der Waals surface area contributed by atoms with Gasteiger partial charge in [-0.2, -0.15) is 5.26 Å². The lowest BCUT2D eigenvalue weighted by molar-refractivity contribution is 0.650. The summed E-state index contributed by atoms with van der Waals surface area (Å²) in [5.41, 5.74) is 2.10. The molecule has 0 radical (unpaired) electrons. The molecule has 0 fully saturated rings. The second-order valence-corrected chi connectivity index (χ2v) is 5.63. The van der Waals surface area contributed by atoms with E-state index in [1.165, 1.54) is 0 Å². The molecule has 0 aliphatic carbocycles. The molecule has 4 heteroatoms. The van der Waals surface area contributed by atoms with Crippen molar-refractivity contribution in [2.24, 2.45) is 0 Å². The molecule has 2 rings (SSSR count). The van der Waals surface area contributed by atoms with Gasteiger partial charge in [0.25, 0.3) is 0 Å². The van der Waals surface area contributed by atoms with Gasteiger partial charge in [-0.15, -0.1) is 0 Å². The van der Waals surface area contributed by atoms with Crippen molar-refractivity contribution in [2.45, 2.75) is 12.3 Å². The van der Waals surface area contributed by atoms with Crippen molar-refractivity contribution in [1.29, 1.82) is 5.26 Å². The number of hydrogen-bond acceptors (Lipinski definition) is 2. The van der Waals surface area contributed by atoms with Crippen LogP contribution in [0.2, 0.25) is 10.0 Å². The van der Waals surface area contributed by atoms with Crippen molar-refractivity contribution < 1.29 is 0 Å². The Morgan fingerprint density at radius 3 is 2.52 bits per heavy atom. The van der Waals surface area contributed by atoms with E-state index < -0.39 is 0 Å². The fraction of sp³-hybridized carbons (Fsp3) is 0.235. The van der Waals surface area contributed by atoms with Crippen LogP contribution in [0.15, 0.2) is 48.5 Å². The molecule has 0 bridgehead atoms. The number of halogens is 2. The van der Waals surface area contributed by atoms with Crippen LogP contribution in [0.3, 0.4) is 0 Å². The first-order chi connectivity index (χ1) is 10.2. The quantitative estimate of drug-likeness (QED) is 0.799. The van der Waals surface area contributed by atoms with Crippen LogP contribution >= 0.6 is 23.2 Å². The minimum absolute atomic E-state index is 0.133. The summed E-state index contributed by atoms with van der Waals surface area (Å²) in [4.78, 5) is 0. The summed E-state index contributed by atoms with van der Waals surface area (Å²) in [6, 6.07) is 17.7. The maximum atomic E-state index is 9.24. The van der Waals surface area contributed by atoms with Crippen molar-refractivity contribution in [2.75, 3.05) is 13.1 Å². The molecule has 21 heavy (non-hydrogen) atoms. The van der Waals surface area contributed by atoms with E-state index in [9.17, 15) is 5.26 Å². The second kappa shape index (κ2) is 8.05. The highest BCUT2D eigenvalue weighted by atomic mass is 35.5. The van der Waals surface area contributed by atoms with Gasteiger partial charge < -0.3 is 5.32 Å². The van der Waals surface area contributed by atoms with Crippen molar-refractivity contribution in [3.8, 4) is 6.07 Å². The third kappa shape index (κ3) is 4.75. The molecule has 0 aliphatic heterocycles. The van der Waals surface area contributed by atoms with E-state index in [4.69, 9.17) is 23.2 Å². The van der Waals surface area contributed by atoms with E-state index in [0.29, 0.717) is 16.6 Å². The summed E-state index contributed by atoms with van der Waals surface area (Å²) in [7, 11) is 0. The van der Waals surface area contributed by atoms with Gasteiger partial charge in [-0.3, -0.25) is 0 Å². The molecular formula is C17H16Cl2N2. The predicted molar refractivity (Wildman–Crippen MR) is 87.8 cm³/mol. The Bertz CT molecular complexity index is 620. The van der Waals surface area contributed by atoms with E-state index in [0.717, 1.165) is 24.1 Å². The smallest absolute Gasteiger partial charge is 0.0837 e. The summed E-state index contributed by atoms with van der Waals surface area (Å²) in [5, 5.41) is 13.9. The maximum absolute atomic E-state index is 9.24. The van der Waals surface area contributed by atoms with Gasteiger partial charge in [-0.1, -0.05) is 59.6 Å². The molecule has 1 unspecified atom stereocenters. The highest BCUT2D eigenvalue weighted by molar-refractivity contribution is 6.35. The zero-order valence-corrected chi connectivity index (χ0v) is 13.0. The maximum Gasteiger partial charge on any atom is 0.0837 e. The van der Waals surface area contributed by atoms with Gasteiger partial charge >= 0.3 is 0 Å². The molecule has 1 atom stereocenters. The molecule has 2 nitrogen and oxygen atoms in total. The van der Waals surface area contributed by atoms with E-state index in [1.807, 2.05) is 42.5 Å². The van der Waals surface area contributed by atoms with Crippen LogP contribution in [-0.4, -0.2) is 13.1 Å². The first-order valence-electron chi connectivity index (χ1n) is 6.80. The molecule has 1 N–H and O–H groups in total. The van der Waals surface area contributed by atoms with E-state index >= 15 is 0 Å². The number of nitriles is 1. The van der Waals surface area contributed by atoms with Gasteiger partial charge in [0, 0.05) is 16.6 Å². The fourth-order valence-electron chi connectivity index (χ4n) is 2.12. The molecule has 0 amide bonds. The van der Waals surface area contributed by atoms with Crippen molar-refractivity contribution in [1.82, 2.24) is 5.32 Å². The Balaban J connectivity index is 1.83. The molecule has 0 heterocycles. The zero-order valence-electron chi connectivity index (χ0n) is 11.5. The minimum Gasteiger partial charge on any atom is -0.315 e. The fourth-order valence-corrected chi connectivity index (χ4v) is 2.62. The van der Waals surface area contributed by atoms with Crippen LogP contribution in [0.1, 0.15) is 17.0 Å². The first-order valence-corrected chi connectivity index (χ1v) is 7.55. The van der Waals surface area contributed by atoms with Crippen molar-refractivity contribution in [3.05, 3.63) is 69.7 Å². The predicted octanol–water partition coefficient (Wildman–Crippen LogP) is 4.43. The minimum atomic E-state index is -0.133. The third-order valence-electron chi connectivity index (χ3n) is 3.29. The van der Waals surface area contributed by atoms with Crippen LogP contribution in [0.5, 0.6) is 0 Å². The van der Waals surface area contributed by atoms with Crippen LogP contribution in [0.4, 0.5) is 0 Å². The van der Waals surface area contributed by atoms with Gasteiger partial charge in [0.15, 0.2) is 0 Å². The van der Waals surface area contributed by atoms with Crippen LogP contribution < -0.4 is 5.32 Å². The first kappa shape index (κ1) is 15.9. The standard InChI is InChI=1S/C17H16Cl2N2/c18-16-7-6-14(17(19)10-16)8-9-21-12-15(11-20)13-4-2-1-3-5-13/h1-7,10,15,21H,8-9,12H2. The molecule has 0 saturated heterocycles. The SMILES string of the molecule is N#CC(CNCCc1ccc(Cl)cc1Cl)c1ccccc1. The Labute approximate surface area is 135 Å². The van der Waals surface area contributed by atoms with Gasteiger partial charge in [0.2, 0.25) is 0 Å². The van der Waals surface area contributed by atoms with Crippen LogP contribution in [0, 0.1) is 11.3 Å². The van der Waals surface area contributed by atoms with Gasteiger partial charge in [0.1, 0.15) is 0 Å². The molecule has 0 spiro atoms. The third-order valence-corrected chi connectivity index (χ3v) is 3.88. The van der Waals surface area contributed by atoms with Gasteiger partial charge in [0.05, 0.1) is 12.0 Å². The molecule has 108 valence electrons. The second-order valence-electron chi connectivity index (χ2n) is 4.78. The van der Waals surface area contributed by atoms with Crippen molar-refractivity contribution >= 4 is 23.2 Å². The van der Waals surface area contributed by atoms with E-state index in [-0.39, 0.29) is 5.92 Å². The Morgan fingerprint density at radius 1 is 1.10 bits per heavy atom. The zero-order chi connectivity index (χ0) is 15.1. The number of nitrogens with one attached hydrogen (secondary N) is 1. The van der Waals surface area contributed by atoms with Gasteiger partial charge in [-0.05, 0) is 36.2 Å². The van der Waals surface area contributed by atoms with Gasteiger partial charge in [-0.25, -0.2) is 0 Å². The lowest BCUT2D eigenvalue weighted by Gasteiger charge is -2.11. The number of benzene rings is 2. The summed E-state index contributed by atoms with van der Waals surface area (Å²) in [6.07, 6.45) is 0.808. The van der Waals surface area contributed by atoms with E-state index in [1.54, 1.807) is 6.07 Å². The van der Waals surface area contributed by atoms with Crippen molar-refractivity contribution in [3.63, 3.8) is 0 Å². The average molecular weight is 319 g/mol. The highest BCUT2D eigenvalue weighted by Gasteiger charge is 2.09. The molecular weight excluding hydrogens is 303 g/mol. The molecule has 0 saturated carbocycles. The average Bonchev–Trinajstić information content (AvgIpc) is 2.50. The normalized spacial score (nSPS) is 11.9. The summed E-state index contributed by atoms with van der Waals surface area (Å²) >= 11 is 12.0. The topological polar surface area (TPSA) is 35.8 Å². The summed E-state index contributed by atoms with van der Waals surface area (Å²) < 4.78 is 0. The highest BCUT2D eigenvalue weighted by Crippen LogP contribution is 2.21. The monoisotopic (exact) mass is 318 g/mol. The van der Waals surface area contributed by atoms with Crippen LogP contribution in [-0.2, 0) is 6.42 Å². The number of nitrogens with zero attached hydrogens (tertiary/aromatic N) is 1. The van der Waals surface area contributed by atoms with Crippen LogP contribution in [0.25, 0.3) is 0 Å². The number of rotatable bonds is 6. The number of hydrogen-bond donors (Lipinski definition) is 1. The Morgan fingerprint density at radius 2 is 1.86 bits per heavy atom. The largest absolute Gasteiger partial charge is 0.315 e. The molecule has 0 aromatic heterocycles. The lowest BCUT2D eigenvalue weighted by atomic mass is 10.0. The summed E-state index contributed by atoms with van der Waals surface area (Å²) in [5.74, 6) is -0.133. The Kier molecular flexibility index (Phi) is 6.07. The molecule has 0 aliphatic rings. The lowest BCUT2D eigenvalue weighted by Crippen LogP contribution is -2.23.